The van der Waals surface area contributed by atoms with Gasteiger partial charge in [0.1, 0.15) is 0 Å². The lowest BCUT2D eigenvalue weighted by atomic mass is 10.0. The highest BCUT2D eigenvalue weighted by molar-refractivity contribution is 5.79. The number of nitrogens with one attached hydrogen (secondary N) is 2. The van der Waals surface area contributed by atoms with Gasteiger partial charge < -0.3 is 15.7 Å². The Kier molecular flexibility index (Phi) is 8.75. The number of nitrogens with zero attached hydrogens (tertiary/aromatic N) is 3. The summed E-state index contributed by atoms with van der Waals surface area (Å²) in [5, 5.41) is 16.8. The van der Waals surface area contributed by atoms with E-state index >= 15 is 0 Å². The maximum absolute atomic E-state index is 9.67. The predicted molar refractivity (Wildman–Crippen MR) is 135 cm³/mol. The van der Waals surface area contributed by atoms with Crippen molar-refractivity contribution in [2.24, 2.45) is 4.99 Å². The third-order valence-electron chi connectivity index (χ3n) is 6.85. The average Bonchev–Trinajstić information content (AvgIpc) is 2.86. The number of hydrogen-bond donors (Lipinski definition) is 3. The van der Waals surface area contributed by atoms with Gasteiger partial charge in [0.05, 0.1) is 6.10 Å². The second-order valence-electron chi connectivity index (χ2n) is 9.43. The Hall–Kier alpha value is -2.41. The fraction of sp³-hybridized carbons (Fsp3) is 0.519. The van der Waals surface area contributed by atoms with Gasteiger partial charge in [-0.2, -0.15) is 0 Å². The topological polar surface area (TPSA) is 63.1 Å². The predicted octanol–water partition coefficient (Wildman–Crippen LogP) is 2.97. The van der Waals surface area contributed by atoms with E-state index in [-0.39, 0.29) is 6.10 Å². The molecule has 2 aliphatic rings. The quantitative estimate of drug-likeness (QED) is 0.448. The number of likely N-dealkylation sites (tertiary alicyclic amines) is 2. The van der Waals surface area contributed by atoms with Crippen molar-refractivity contribution in [2.75, 3.05) is 33.2 Å². The van der Waals surface area contributed by atoms with Gasteiger partial charge in [-0.1, -0.05) is 54.6 Å². The van der Waals surface area contributed by atoms with Crippen molar-refractivity contribution in [1.82, 2.24) is 20.4 Å². The van der Waals surface area contributed by atoms with Crippen molar-refractivity contribution < 1.29 is 5.11 Å². The number of guanidine groups is 1. The number of rotatable bonds is 7. The van der Waals surface area contributed by atoms with Crippen LogP contribution in [0.2, 0.25) is 0 Å². The summed E-state index contributed by atoms with van der Waals surface area (Å²) in [7, 11) is 1.85. The molecule has 0 radical (unpaired) electrons. The van der Waals surface area contributed by atoms with Gasteiger partial charge in [0.15, 0.2) is 5.96 Å². The lowest BCUT2D eigenvalue weighted by Gasteiger charge is -2.33. The molecular weight excluding hydrogens is 410 g/mol. The highest BCUT2D eigenvalue weighted by atomic mass is 16.3. The van der Waals surface area contributed by atoms with Crippen LogP contribution in [0.4, 0.5) is 0 Å². The number of piperidine rings is 2. The first-order valence-electron chi connectivity index (χ1n) is 12.4. The van der Waals surface area contributed by atoms with Gasteiger partial charge in [0, 0.05) is 58.9 Å². The van der Waals surface area contributed by atoms with Crippen LogP contribution in [0.1, 0.15) is 42.4 Å². The van der Waals surface area contributed by atoms with Gasteiger partial charge in [-0.3, -0.25) is 14.8 Å². The van der Waals surface area contributed by atoms with Crippen LogP contribution in [0.5, 0.6) is 0 Å². The molecule has 0 atom stereocenters. The number of hydrogen-bond acceptors (Lipinski definition) is 4. The zero-order valence-electron chi connectivity index (χ0n) is 19.9. The Balaban J connectivity index is 1.17. The van der Waals surface area contributed by atoms with E-state index in [1.807, 2.05) is 7.05 Å². The normalized spacial score (nSPS) is 19.5. The number of benzene rings is 2. The van der Waals surface area contributed by atoms with Gasteiger partial charge in [-0.25, -0.2) is 0 Å². The summed E-state index contributed by atoms with van der Waals surface area (Å²) >= 11 is 0. The Labute approximate surface area is 198 Å². The monoisotopic (exact) mass is 449 g/mol. The molecule has 3 N–H and O–H groups in total. The third-order valence-corrected chi connectivity index (χ3v) is 6.85. The molecule has 2 aromatic carbocycles. The van der Waals surface area contributed by atoms with Crippen molar-refractivity contribution in [2.45, 2.75) is 57.5 Å². The standard InChI is InChI=1S/C27H39N5O/c1-28-27(30-25-11-15-31(16-12-25)20-23-5-3-2-4-6-23)29-19-22-7-9-24(10-8-22)21-32-17-13-26(33)14-18-32/h2-10,25-26,33H,11-21H2,1H3,(H2,28,29,30). The number of aliphatic imine (C=N–C) groups is 1. The van der Waals surface area contributed by atoms with E-state index in [1.165, 1.54) is 16.7 Å². The molecule has 2 aromatic rings. The molecule has 2 heterocycles. The first kappa shape index (κ1) is 23.7. The van der Waals surface area contributed by atoms with Gasteiger partial charge in [0.2, 0.25) is 0 Å². The van der Waals surface area contributed by atoms with Crippen LogP contribution in [0, 0.1) is 0 Å². The molecule has 2 fully saturated rings. The van der Waals surface area contributed by atoms with Gasteiger partial charge in [-0.15, -0.1) is 0 Å². The molecule has 2 aliphatic heterocycles. The van der Waals surface area contributed by atoms with Gasteiger partial charge in [-0.05, 0) is 42.4 Å². The molecule has 2 saturated heterocycles. The van der Waals surface area contributed by atoms with Gasteiger partial charge in [0.25, 0.3) is 0 Å². The zero-order valence-corrected chi connectivity index (χ0v) is 19.9. The maximum Gasteiger partial charge on any atom is 0.191 e. The summed E-state index contributed by atoms with van der Waals surface area (Å²) in [5.41, 5.74) is 3.98. The molecule has 0 spiro atoms. The zero-order chi connectivity index (χ0) is 22.9. The molecule has 33 heavy (non-hydrogen) atoms. The second-order valence-corrected chi connectivity index (χ2v) is 9.43. The fourth-order valence-electron chi connectivity index (χ4n) is 4.75. The number of aliphatic hydroxyl groups excluding tert-OH is 1. The maximum atomic E-state index is 9.67. The summed E-state index contributed by atoms with van der Waals surface area (Å²) < 4.78 is 0. The lowest BCUT2D eigenvalue weighted by molar-refractivity contribution is 0.0792. The average molecular weight is 450 g/mol. The SMILES string of the molecule is CN=C(NCc1ccc(CN2CCC(O)CC2)cc1)NC1CCN(Cc2ccccc2)CC1. The summed E-state index contributed by atoms with van der Waals surface area (Å²) in [5.74, 6) is 0.882. The molecule has 0 aromatic heterocycles. The Morgan fingerprint density at radius 1 is 0.818 bits per heavy atom. The second kappa shape index (κ2) is 12.2. The van der Waals surface area contributed by atoms with Crippen LogP contribution < -0.4 is 10.6 Å². The van der Waals surface area contributed by atoms with E-state index in [4.69, 9.17) is 0 Å². The molecular formula is C27H39N5O. The van der Waals surface area contributed by atoms with E-state index in [1.54, 1.807) is 0 Å². The summed E-state index contributed by atoms with van der Waals surface area (Å²) in [6.07, 6.45) is 3.94. The Morgan fingerprint density at radius 3 is 1.97 bits per heavy atom. The first-order chi connectivity index (χ1) is 16.2. The van der Waals surface area contributed by atoms with Crippen LogP contribution in [0.15, 0.2) is 59.6 Å². The highest BCUT2D eigenvalue weighted by Crippen LogP contribution is 2.15. The van der Waals surface area contributed by atoms with Crippen molar-refractivity contribution in [3.63, 3.8) is 0 Å². The molecule has 0 unspecified atom stereocenters. The minimum absolute atomic E-state index is 0.112. The van der Waals surface area contributed by atoms with E-state index in [0.717, 1.165) is 77.5 Å². The molecule has 0 amide bonds. The van der Waals surface area contributed by atoms with E-state index in [0.29, 0.717) is 6.04 Å². The van der Waals surface area contributed by atoms with Crippen LogP contribution in [-0.2, 0) is 19.6 Å². The van der Waals surface area contributed by atoms with Crippen molar-refractivity contribution in [3.8, 4) is 0 Å². The third kappa shape index (κ3) is 7.56. The van der Waals surface area contributed by atoms with Crippen LogP contribution in [0.25, 0.3) is 0 Å². The van der Waals surface area contributed by atoms with Crippen molar-refractivity contribution in [3.05, 3.63) is 71.3 Å². The van der Waals surface area contributed by atoms with Crippen LogP contribution in [-0.4, -0.2) is 66.2 Å². The minimum Gasteiger partial charge on any atom is -0.393 e. The Bertz CT molecular complexity index is 854. The highest BCUT2D eigenvalue weighted by Gasteiger charge is 2.20. The van der Waals surface area contributed by atoms with Crippen LogP contribution in [0.3, 0.4) is 0 Å². The Morgan fingerprint density at radius 2 is 1.36 bits per heavy atom. The molecule has 4 rings (SSSR count). The largest absolute Gasteiger partial charge is 0.393 e. The smallest absolute Gasteiger partial charge is 0.191 e. The molecule has 0 saturated carbocycles. The van der Waals surface area contributed by atoms with E-state index in [9.17, 15) is 5.11 Å². The summed E-state index contributed by atoms with van der Waals surface area (Å²) in [6, 6.07) is 20.1. The van der Waals surface area contributed by atoms with E-state index < -0.39 is 0 Å². The minimum atomic E-state index is -0.112. The van der Waals surface area contributed by atoms with Crippen LogP contribution >= 0.6 is 0 Å². The summed E-state index contributed by atoms with van der Waals surface area (Å²) in [6.45, 7) is 6.96. The molecule has 178 valence electrons. The molecule has 0 bridgehead atoms. The van der Waals surface area contributed by atoms with E-state index in [2.05, 4.69) is 80.0 Å². The molecule has 6 nitrogen and oxygen atoms in total. The first-order valence-corrected chi connectivity index (χ1v) is 12.4. The molecule has 0 aliphatic carbocycles. The van der Waals surface area contributed by atoms with Crippen molar-refractivity contribution in [1.29, 1.82) is 0 Å². The summed E-state index contributed by atoms with van der Waals surface area (Å²) in [4.78, 5) is 9.41. The lowest BCUT2D eigenvalue weighted by Crippen LogP contribution is -2.48. The van der Waals surface area contributed by atoms with Gasteiger partial charge >= 0.3 is 0 Å². The number of aliphatic hydroxyl groups is 1. The van der Waals surface area contributed by atoms with Crippen molar-refractivity contribution >= 4 is 5.96 Å². The molecule has 6 heteroatoms. The fourth-order valence-corrected chi connectivity index (χ4v) is 4.75.